The summed E-state index contributed by atoms with van der Waals surface area (Å²) in [5.74, 6) is -5.38. The average molecular weight is 519 g/mol. The van der Waals surface area contributed by atoms with Gasteiger partial charge in [-0.25, -0.2) is 23.1 Å². The minimum absolute atomic E-state index is 0.0634. The molecule has 2 unspecified atom stereocenters. The maximum Gasteiger partial charge on any atom is 0.417 e. The van der Waals surface area contributed by atoms with Gasteiger partial charge in [-0.1, -0.05) is 32.9 Å². The maximum atomic E-state index is 14.4. The lowest BCUT2D eigenvalue weighted by Gasteiger charge is -2.28. The van der Waals surface area contributed by atoms with Crippen molar-refractivity contribution in [3.8, 4) is 0 Å². The highest BCUT2D eigenvalue weighted by molar-refractivity contribution is 7.82. The number of nitrogens with one attached hydrogen (secondary N) is 1. The number of nitrogens with two attached hydrogens (primary N) is 1. The first kappa shape index (κ1) is 28.4. The van der Waals surface area contributed by atoms with Crippen molar-refractivity contribution in [2.75, 3.05) is 23.3 Å². The monoisotopic (exact) mass is 518 g/mol. The minimum atomic E-state index is -4.77. The predicted molar refractivity (Wildman–Crippen MR) is 126 cm³/mol. The summed E-state index contributed by atoms with van der Waals surface area (Å²) in [5, 5.41) is 7.76. The number of alkyl halides is 5. The number of carbonyl (C=O) groups excluding carboxylic acids is 1. The Morgan fingerprint density at radius 2 is 1.91 bits per heavy atom. The van der Waals surface area contributed by atoms with Gasteiger partial charge in [0.1, 0.15) is 16.8 Å². The van der Waals surface area contributed by atoms with E-state index in [-0.39, 0.29) is 35.1 Å². The summed E-state index contributed by atoms with van der Waals surface area (Å²) in [6.07, 6.45) is -2.94. The number of hydrogen-bond donors (Lipinski definition) is 2. The molecule has 2 aromatic rings. The third-order valence-corrected chi connectivity index (χ3v) is 6.04. The van der Waals surface area contributed by atoms with E-state index in [1.54, 1.807) is 0 Å². The van der Waals surface area contributed by atoms with E-state index in [0.29, 0.717) is 12.3 Å². The summed E-state index contributed by atoms with van der Waals surface area (Å²) >= 11 is 0. The summed E-state index contributed by atoms with van der Waals surface area (Å²) in [6.45, 7) is 6.30. The number of nitrogens with zero attached hydrogens (tertiary/aromatic N) is 2. The van der Waals surface area contributed by atoms with Gasteiger partial charge in [0.15, 0.2) is 0 Å². The number of carbonyl (C=O) groups is 1. The molecule has 1 aliphatic rings. The molecule has 0 bridgehead atoms. The van der Waals surface area contributed by atoms with Gasteiger partial charge >= 0.3 is 6.18 Å². The highest BCUT2D eigenvalue weighted by Crippen LogP contribution is 2.37. The fraction of sp³-hybridized carbons (Fsp3) is 0.391. The largest absolute Gasteiger partial charge is 0.417 e. The summed E-state index contributed by atoms with van der Waals surface area (Å²) in [4.78, 5) is 18.3. The predicted octanol–water partition coefficient (Wildman–Crippen LogP) is 5.40. The Bertz CT molecular complexity index is 1120. The smallest absolute Gasteiger partial charge is 0.352 e. The van der Waals surface area contributed by atoms with E-state index in [1.807, 2.05) is 13.8 Å². The molecule has 1 aromatic heterocycles. The second-order valence-corrected chi connectivity index (χ2v) is 8.75. The van der Waals surface area contributed by atoms with Crippen LogP contribution in [0.2, 0.25) is 0 Å². The van der Waals surface area contributed by atoms with Gasteiger partial charge in [-0.05, 0) is 36.8 Å². The molecule has 2 atom stereocenters. The van der Waals surface area contributed by atoms with E-state index in [1.165, 1.54) is 49.1 Å². The molecule has 0 aliphatic carbocycles. The quantitative estimate of drug-likeness (QED) is 0.419. The van der Waals surface area contributed by atoms with Crippen LogP contribution in [0.25, 0.3) is 0 Å². The summed E-state index contributed by atoms with van der Waals surface area (Å²) in [5.41, 5.74) is -1.62. The van der Waals surface area contributed by atoms with Crippen molar-refractivity contribution in [3.05, 3.63) is 59.3 Å². The van der Waals surface area contributed by atoms with Crippen LogP contribution >= 0.6 is 0 Å². The molecule has 1 amide bonds. The van der Waals surface area contributed by atoms with Crippen LogP contribution in [0.1, 0.15) is 43.6 Å². The molecule has 0 saturated heterocycles. The molecule has 0 fully saturated rings. The summed E-state index contributed by atoms with van der Waals surface area (Å²) in [6, 6.07) is 6.31. The lowest BCUT2D eigenvalue weighted by molar-refractivity contribution is -0.137. The number of rotatable bonds is 4. The van der Waals surface area contributed by atoms with Crippen LogP contribution in [0.4, 0.5) is 33.5 Å². The first-order valence-electron chi connectivity index (χ1n) is 10.8. The molecule has 0 spiro atoms. The SMILES string of the molecule is CC.CC1=CCN(c2ncc(C(F)(F)F)cc2C(=O)Nc2cccc(S(N)=O)c2)CC(C)C1(F)F. The van der Waals surface area contributed by atoms with Crippen LogP contribution in [0.5, 0.6) is 0 Å². The highest BCUT2D eigenvalue weighted by Gasteiger charge is 2.41. The zero-order chi connectivity index (χ0) is 26.6. The molecule has 192 valence electrons. The van der Waals surface area contributed by atoms with Gasteiger partial charge in [0.2, 0.25) is 0 Å². The molecule has 2 heterocycles. The fourth-order valence-electron chi connectivity index (χ4n) is 3.39. The Labute approximate surface area is 203 Å². The van der Waals surface area contributed by atoms with Crippen LogP contribution in [0, 0.1) is 5.92 Å². The van der Waals surface area contributed by atoms with E-state index in [0.717, 1.165) is 0 Å². The third-order valence-electron chi connectivity index (χ3n) is 5.32. The average Bonchev–Trinajstić information content (AvgIpc) is 2.90. The molecule has 35 heavy (non-hydrogen) atoms. The Morgan fingerprint density at radius 3 is 2.51 bits per heavy atom. The maximum absolute atomic E-state index is 14.4. The standard InChI is InChI=1S/C21H21F5N4O2S.C2H6/c1-12-6-7-30(11-13(2)20(12,22)23)18-17(8-14(10-28-18)21(24,25)26)19(31)29-15-4-3-5-16(9-15)33(27)32;1-2/h3-6,8-10,13H,7,11,27H2,1-2H3,(H,29,31);1-2H3. The Morgan fingerprint density at radius 1 is 1.26 bits per heavy atom. The van der Waals surface area contributed by atoms with Crippen LogP contribution < -0.4 is 15.4 Å². The number of aromatic nitrogens is 1. The van der Waals surface area contributed by atoms with E-state index >= 15 is 0 Å². The third kappa shape index (κ3) is 6.63. The molecule has 12 heteroatoms. The molecule has 0 radical (unpaired) electrons. The Hall–Kier alpha value is -2.86. The van der Waals surface area contributed by atoms with E-state index < -0.39 is 46.0 Å². The van der Waals surface area contributed by atoms with Gasteiger partial charge in [-0.3, -0.25) is 4.79 Å². The van der Waals surface area contributed by atoms with Crippen molar-refractivity contribution in [3.63, 3.8) is 0 Å². The van der Waals surface area contributed by atoms with Gasteiger partial charge < -0.3 is 10.2 Å². The zero-order valence-corrected chi connectivity index (χ0v) is 20.4. The number of benzene rings is 1. The van der Waals surface area contributed by atoms with Gasteiger partial charge in [-0.2, -0.15) is 13.2 Å². The number of hydrogen-bond acceptors (Lipinski definition) is 4. The molecular weight excluding hydrogens is 491 g/mol. The van der Waals surface area contributed by atoms with Crippen LogP contribution in [-0.4, -0.2) is 34.1 Å². The van der Waals surface area contributed by atoms with Gasteiger partial charge in [0, 0.05) is 30.9 Å². The highest BCUT2D eigenvalue weighted by atomic mass is 32.2. The molecular formula is C23H27F5N4O2S. The minimum Gasteiger partial charge on any atom is -0.352 e. The Kier molecular flexibility index (Phi) is 9.12. The van der Waals surface area contributed by atoms with Gasteiger partial charge in [0.05, 0.1) is 16.0 Å². The molecule has 1 aromatic carbocycles. The first-order valence-corrected chi connectivity index (χ1v) is 12.0. The zero-order valence-electron chi connectivity index (χ0n) is 19.6. The molecule has 6 nitrogen and oxygen atoms in total. The number of amides is 1. The van der Waals surface area contributed by atoms with Crippen molar-refractivity contribution in [1.29, 1.82) is 0 Å². The van der Waals surface area contributed by atoms with Gasteiger partial charge in [0.25, 0.3) is 11.8 Å². The number of anilines is 2. The topological polar surface area (TPSA) is 88.3 Å². The van der Waals surface area contributed by atoms with Crippen molar-refractivity contribution >= 4 is 28.4 Å². The van der Waals surface area contributed by atoms with E-state index in [4.69, 9.17) is 5.14 Å². The molecule has 0 saturated carbocycles. The van der Waals surface area contributed by atoms with E-state index in [9.17, 15) is 31.0 Å². The fourth-order valence-corrected chi connectivity index (χ4v) is 3.85. The number of pyridine rings is 1. The van der Waals surface area contributed by atoms with Crippen LogP contribution in [-0.2, 0) is 17.2 Å². The van der Waals surface area contributed by atoms with E-state index in [2.05, 4.69) is 10.3 Å². The molecule has 3 N–H and O–H groups in total. The van der Waals surface area contributed by atoms with Crippen molar-refractivity contribution in [1.82, 2.24) is 4.98 Å². The van der Waals surface area contributed by atoms with Crippen LogP contribution in [0.15, 0.2) is 53.1 Å². The number of allylic oxidation sites excluding steroid dienone is 1. The normalized spacial score (nSPS) is 18.5. The van der Waals surface area contributed by atoms with Crippen molar-refractivity contribution < 1.29 is 31.0 Å². The Balaban J connectivity index is 0.00000210. The van der Waals surface area contributed by atoms with Crippen molar-refractivity contribution in [2.24, 2.45) is 11.1 Å². The lowest BCUT2D eigenvalue weighted by Crippen LogP contribution is -2.36. The number of halogens is 5. The summed E-state index contributed by atoms with van der Waals surface area (Å²) < 4.78 is 80.3. The van der Waals surface area contributed by atoms with Crippen molar-refractivity contribution in [2.45, 2.75) is 44.7 Å². The first-order chi connectivity index (χ1) is 16.3. The summed E-state index contributed by atoms with van der Waals surface area (Å²) in [7, 11) is -1.84. The second kappa shape index (κ2) is 11.3. The molecule has 3 rings (SSSR count). The van der Waals surface area contributed by atoms with Gasteiger partial charge in [-0.15, -0.1) is 0 Å². The molecule has 1 aliphatic heterocycles. The second-order valence-electron chi connectivity index (χ2n) is 7.69. The van der Waals surface area contributed by atoms with Crippen LogP contribution in [0.3, 0.4) is 0 Å². The lowest BCUT2D eigenvalue weighted by atomic mass is 9.98.